The summed E-state index contributed by atoms with van der Waals surface area (Å²) in [5.41, 5.74) is 2.29. The summed E-state index contributed by atoms with van der Waals surface area (Å²) in [6, 6.07) is 9.61. The third kappa shape index (κ3) is 2.31. The van der Waals surface area contributed by atoms with Gasteiger partial charge in [-0.3, -0.25) is 4.79 Å². The zero-order chi connectivity index (χ0) is 13.1. The van der Waals surface area contributed by atoms with E-state index in [1.54, 1.807) is 0 Å². The van der Waals surface area contributed by atoms with Gasteiger partial charge in [-0.25, -0.2) is 0 Å². The average molecular weight is 263 g/mol. The number of hydrogen-bond acceptors (Lipinski definition) is 2. The Kier molecular flexibility index (Phi) is 3.82. The quantitative estimate of drug-likeness (QED) is 0.798. The van der Waals surface area contributed by atoms with Gasteiger partial charge in [0.15, 0.2) is 0 Å². The second-order valence-electron chi connectivity index (χ2n) is 4.13. The van der Waals surface area contributed by atoms with Crippen molar-refractivity contribution in [2.45, 2.75) is 20.4 Å². The fourth-order valence-corrected chi connectivity index (χ4v) is 2.32. The Morgan fingerprint density at radius 3 is 2.50 bits per heavy atom. The maximum absolute atomic E-state index is 12.1. The molecule has 0 aliphatic heterocycles. The number of nitrogens with zero attached hydrogens (tertiary/aromatic N) is 2. The van der Waals surface area contributed by atoms with Crippen molar-refractivity contribution in [3.05, 3.63) is 52.2 Å². The van der Waals surface area contributed by atoms with Crippen LogP contribution in [0.5, 0.6) is 0 Å². The van der Waals surface area contributed by atoms with Gasteiger partial charge in [-0.05, 0) is 19.4 Å². The number of rotatable bonds is 3. The van der Waals surface area contributed by atoms with Crippen LogP contribution in [0.2, 0.25) is 0 Å². The lowest BCUT2D eigenvalue weighted by Crippen LogP contribution is -2.21. The van der Waals surface area contributed by atoms with E-state index in [2.05, 4.69) is 4.98 Å². The highest BCUT2D eigenvalue weighted by molar-refractivity contribution is 6.17. The largest absolute Gasteiger partial charge is 0.332 e. The minimum atomic E-state index is -0.179. The van der Waals surface area contributed by atoms with Crippen LogP contribution in [0.4, 0.5) is 0 Å². The summed E-state index contributed by atoms with van der Waals surface area (Å²) in [7, 11) is 0. The van der Waals surface area contributed by atoms with Crippen LogP contribution >= 0.6 is 11.6 Å². The van der Waals surface area contributed by atoms with Crippen molar-refractivity contribution in [2.24, 2.45) is 0 Å². The van der Waals surface area contributed by atoms with Crippen molar-refractivity contribution in [3.8, 4) is 11.1 Å². The van der Waals surface area contributed by atoms with Crippen molar-refractivity contribution >= 4 is 11.6 Å². The molecule has 0 bridgehead atoms. The van der Waals surface area contributed by atoms with E-state index in [0.717, 1.165) is 11.3 Å². The van der Waals surface area contributed by atoms with Gasteiger partial charge in [-0.15, -0.1) is 11.6 Å². The summed E-state index contributed by atoms with van der Waals surface area (Å²) in [6.45, 7) is 4.42. The van der Waals surface area contributed by atoms with E-state index in [1.165, 1.54) is 0 Å². The van der Waals surface area contributed by atoms with E-state index in [-0.39, 0.29) is 5.56 Å². The molecule has 0 saturated carbocycles. The van der Waals surface area contributed by atoms with Crippen LogP contribution in [0.15, 0.2) is 35.1 Å². The summed E-state index contributed by atoms with van der Waals surface area (Å²) >= 11 is 5.79. The standard InChI is InChI=1S/C14H15ClN2O/c1-10-13(12-6-4-3-5-7-12)14(18)16-11(2)17(10)9-8-15/h3-7H,8-9H2,1-2H3. The molecule has 0 unspecified atom stereocenters. The summed E-state index contributed by atoms with van der Waals surface area (Å²) < 4.78 is 1.98. The third-order valence-electron chi connectivity index (χ3n) is 3.01. The Morgan fingerprint density at radius 1 is 1.22 bits per heavy atom. The molecule has 0 spiro atoms. The Balaban J connectivity index is 2.68. The van der Waals surface area contributed by atoms with Gasteiger partial charge in [0.1, 0.15) is 5.82 Å². The maximum atomic E-state index is 12.1. The molecule has 0 aliphatic rings. The summed E-state index contributed by atoms with van der Waals surface area (Å²) in [5.74, 6) is 1.21. The lowest BCUT2D eigenvalue weighted by atomic mass is 10.1. The van der Waals surface area contributed by atoms with Crippen molar-refractivity contribution in [2.75, 3.05) is 5.88 Å². The molecule has 0 fully saturated rings. The maximum Gasteiger partial charge on any atom is 0.281 e. The molecule has 0 aliphatic carbocycles. The lowest BCUT2D eigenvalue weighted by molar-refractivity contribution is 0.677. The van der Waals surface area contributed by atoms with Crippen LogP contribution in [-0.2, 0) is 6.54 Å². The number of halogens is 1. The first-order valence-electron chi connectivity index (χ1n) is 5.84. The predicted molar refractivity (Wildman–Crippen MR) is 74.1 cm³/mol. The molecule has 18 heavy (non-hydrogen) atoms. The van der Waals surface area contributed by atoms with Crippen molar-refractivity contribution in [1.82, 2.24) is 9.55 Å². The second kappa shape index (κ2) is 5.36. The molecule has 1 aromatic heterocycles. The molecule has 0 amide bonds. The van der Waals surface area contributed by atoms with Gasteiger partial charge in [0.05, 0.1) is 5.56 Å². The van der Waals surface area contributed by atoms with E-state index >= 15 is 0 Å². The van der Waals surface area contributed by atoms with Crippen LogP contribution in [0.3, 0.4) is 0 Å². The molecule has 0 atom stereocenters. The molecule has 1 heterocycles. The molecule has 94 valence electrons. The van der Waals surface area contributed by atoms with Gasteiger partial charge in [-0.2, -0.15) is 4.98 Å². The van der Waals surface area contributed by atoms with Gasteiger partial charge in [0.2, 0.25) is 0 Å². The monoisotopic (exact) mass is 262 g/mol. The van der Waals surface area contributed by atoms with E-state index in [9.17, 15) is 4.79 Å². The Labute approximate surface area is 111 Å². The van der Waals surface area contributed by atoms with Crippen LogP contribution < -0.4 is 5.56 Å². The molecular weight excluding hydrogens is 248 g/mol. The molecule has 0 saturated heterocycles. The molecular formula is C14H15ClN2O. The highest BCUT2D eigenvalue weighted by atomic mass is 35.5. The molecule has 4 heteroatoms. The smallest absolute Gasteiger partial charge is 0.281 e. The fraction of sp³-hybridized carbons (Fsp3) is 0.286. The first-order chi connectivity index (χ1) is 8.65. The van der Waals surface area contributed by atoms with E-state index in [1.807, 2.05) is 48.7 Å². The Hall–Kier alpha value is -1.61. The van der Waals surface area contributed by atoms with Gasteiger partial charge >= 0.3 is 0 Å². The van der Waals surface area contributed by atoms with Gasteiger partial charge in [-0.1, -0.05) is 30.3 Å². The summed E-state index contributed by atoms with van der Waals surface area (Å²) in [5, 5.41) is 0. The molecule has 3 nitrogen and oxygen atoms in total. The van der Waals surface area contributed by atoms with Crippen LogP contribution in [-0.4, -0.2) is 15.4 Å². The Morgan fingerprint density at radius 2 is 1.89 bits per heavy atom. The Bertz CT molecular complexity index is 605. The zero-order valence-corrected chi connectivity index (χ0v) is 11.2. The van der Waals surface area contributed by atoms with E-state index in [4.69, 9.17) is 11.6 Å². The molecule has 2 rings (SSSR count). The van der Waals surface area contributed by atoms with E-state index in [0.29, 0.717) is 23.8 Å². The highest BCUT2D eigenvalue weighted by Gasteiger charge is 2.12. The second-order valence-corrected chi connectivity index (χ2v) is 4.51. The number of hydrogen-bond donors (Lipinski definition) is 0. The summed E-state index contributed by atoms with van der Waals surface area (Å²) in [4.78, 5) is 16.1. The average Bonchev–Trinajstić information content (AvgIpc) is 2.35. The number of aryl methyl sites for hydroxylation is 1. The van der Waals surface area contributed by atoms with Crippen LogP contribution in [0.25, 0.3) is 11.1 Å². The minimum absolute atomic E-state index is 0.179. The van der Waals surface area contributed by atoms with Crippen molar-refractivity contribution < 1.29 is 0 Å². The van der Waals surface area contributed by atoms with Gasteiger partial charge < -0.3 is 4.57 Å². The predicted octanol–water partition coefficient (Wildman–Crippen LogP) is 2.77. The number of benzene rings is 1. The van der Waals surface area contributed by atoms with Gasteiger partial charge in [0.25, 0.3) is 5.56 Å². The first-order valence-corrected chi connectivity index (χ1v) is 6.38. The van der Waals surface area contributed by atoms with Crippen molar-refractivity contribution in [3.63, 3.8) is 0 Å². The SMILES string of the molecule is Cc1nc(=O)c(-c2ccccc2)c(C)n1CCCl. The van der Waals surface area contributed by atoms with Crippen LogP contribution in [0.1, 0.15) is 11.5 Å². The summed E-state index contributed by atoms with van der Waals surface area (Å²) in [6.07, 6.45) is 0. The molecule has 0 N–H and O–H groups in total. The molecule has 0 radical (unpaired) electrons. The minimum Gasteiger partial charge on any atom is -0.332 e. The van der Waals surface area contributed by atoms with Crippen molar-refractivity contribution in [1.29, 1.82) is 0 Å². The lowest BCUT2D eigenvalue weighted by Gasteiger charge is -2.15. The number of aromatic nitrogens is 2. The molecule has 1 aromatic carbocycles. The normalized spacial score (nSPS) is 10.6. The van der Waals surface area contributed by atoms with E-state index < -0.39 is 0 Å². The fourth-order valence-electron chi connectivity index (χ4n) is 2.15. The molecule has 2 aromatic rings. The van der Waals surface area contributed by atoms with Crippen LogP contribution in [0, 0.1) is 13.8 Å². The van der Waals surface area contributed by atoms with Gasteiger partial charge in [0, 0.05) is 18.1 Å². The topological polar surface area (TPSA) is 34.9 Å². The highest BCUT2D eigenvalue weighted by Crippen LogP contribution is 2.19. The zero-order valence-electron chi connectivity index (χ0n) is 10.5. The number of alkyl halides is 1. The first kappa shape index (κ1) is 12.8. The third-order valence-corrected chi connectivity index (χ3v) is 3.17.